The van der Waals surface area contributed by atoms with Crippen molar-refractivity contribution in [3.8, 4) is 0 Å². The molecule has 1 unspecified atom stereocenters. The van der Waals surface area contributed by atoms with Crippen molar-refractivity contribution in [3.63, 3.8) is 0 Å². The molecular weight excluding hydrogens is 111 g/mol. The minimum absolute atomic E-state index is 1.33. The molecule has 0 saturated heterocycles. The minimum Gasteiger partial charge on any atom is -0.329 e. The SMILES string of the molecule is C=CP(C)(=O)OC. The van der Waals surface area contributed by atoms with Gasteiger partial charge in [-0.3, -0.25) is 4.57 Å². The normalized spacial score (nSPS) is 18.0. The molecule has 7 heavy (non-hydrogen) atoms. The zero-order valence-electron chi connectivity index (χ0n) is 4.55. The molecular formula is C4H9O2P. The van der Waals surface area contributed by atoms with Gasteiger partial charge in [0, 0.05) is 13.8 Å². The quantitative estimate of drug-likeness (QED) is 0.518. The minimum atomic E-state index is -2.39. The Labute approximate surface area is 43.6 Å². The lowest BCUT2D eigenvalue weighted by molar-refractivity contribution is 0.407. The smallest absolute Gasteiger partial charge is 0.221 e. The highest BCUT2D eigenvalue weighted by Gasteiger charge is 2.03. The van der Waals surface area contributed by atoms with E-state index in [1.54, 1.807) is 0 Å². The number of hydrogen-bond donors (Lipinski definition) is 0. The zero-order chi connectivity index (χ0) is 5.91. The molecule has 0 fully saturated rings. The number of hydrogen-bond acceptors (Lipinski definition) is 2. The van der Waals surface area contributed by atoms with Crippen LogP contribution in [0, 0.1) is 0 Å². The van der Waals surface area contributed by atoms with E-state index in [1.165, 1.54) is 19.6 Å². The summed E-state index contributed by atoms with van der Waals surface area (Å²) in [6, 6.07) is 0. The average molecular weight is 120 g/mol. The molecule has 1 atom stereocenters. The largest absolute Gasteiger partial charge is 0.329 e. The molecule has 0 aliphatic heterocycles. The summed E-state index contributed by atoms with van der Waals surface area (Å²) in [5.74, 6) is 1.33. The Balaban J connectivity index is 3.85. The molecule has 0 rings (SSSR count). The van der Waals surface area contributed by atoms with Crippen molar-refractivity contribution < 1.29 is 9.09 Å². The van der Waals surface area contributed by atoms with Gasteiger partial charge in [0.05, 0.1) is 0 Å². The molecule has 0 amide bonds. The Morgan fingerprint density at radius 2 is 2.29 bits per heavy atom. The van der Waals surface area contributed by atoms with Crippen molar-refractivity contribution >= 4 is 7.37 Å². The fraction of sp³-hybridized carbons (Fsp3) is 0.500. The van der Waals surface area contributed by atoms with E-state index in [2.05, 4.69) is 11.1 Å². The van der Waals surface area contributed by atoms with Crippen LogP contribution in [-0.2, 0) is 9.09 Å². The summed E-state index contributed by atoms with van der Waals surface area (Å²) < 4.78 is 15.1. The second-order valence-corrected chi connectivity index (χ2v) is 3.82. The zero-order valence-corrected chi connectivity index (χ0v) is 5.44. The van der Waals surface area contributed by atoms with Crippen molar-refractivity contribution in [2.45, 2.75) is 0 Å². The van der Waals surface area contributed by atoms with Gasteiger partial charge in [0.15, 0.2) is 0 Å². The van der Waals surface area contributed by atoms with Crippen molar-refractivity contribution in [1.29, 1.82) is 0 Å². The Morgan fingerprint density at radius 3 is 2.29 bits per heavy atom. The van der Waals surface area contributed by atoms with Crippen LogP contribution < -0.4 is 0 Å². The summed E-state index contributed by atoms with van der Waals surface area (Å²) in [5, 5.41) is 0. The summed E-state index contributed by atoms with van der Waals surface area (Å²) >= 11 is 0. The summed E-state index contributed by atoms with van der Waals surface area (Å²) in [7, 11) is -0.985. The van der Waals surface area contributed by atoms with Crippen LogP contribution in [0.2, 0.25) is 0 Å². The molecule has 0 heterocycles. The van der Waals surface area contributed by atoms with E-state index >= 15 is 0 Å². The third kappa shape index (κ3) is 2.60. The van der Waals surface area contributed by atoms with Crippen LogP contribution in [0.5, 0.6) is 0 Å². The second kappa shape index (κ2) is 2.29. The molecule has 0 saturated carbocycles. The molecule has 0 aliphatic rings. The highest BCUT2D eigenvalue weighted by atomic mass is 31.2. The Bertz CT molecular complexity index is 108. The third-order valence-electron chi connectivity index (χ3n) is 0.694. The van der Waals surface area contributed by atoms with Crippen molar-refractivity contribution in [3.05, 3.63) is 12.4 Å². The lowest BCUT2D eigenvalue weighted by Crippen LogP contribution is -1.72. The van der Waals surface area contributed by atoms with Crippen LogP contribution in [0.1, 0.15) is 0 Å². The molecule has 3 heteroatoms. The Morgan fingerprint density at radius 1 is 1.86 bits per heavy atom. The van der Waals surface area contributed by atoms with Crippen LogP contribution in [0.4, 0.5) is 0 Å². The van der Waals surface area contributed by atoms with E-state index in [9.17, 15) is 4.57 Å². The van der Waals surface area contributed by atoms with Crippen LogP contribution in [-0.4, -0.2) is 13.8 Å². The molecule has 0 N–H and O–H groups in total. The van der Waals surface area contributed by atoms with Crippen LogP contribution in [0.25, 0.3) is 0 Å². The fourth-order valence-electron chi connectivity index (χ4n) is 0.0745. The van der Waals surface area contributed by atoms with Crippen molar-refractivity contribution in [2.75, 3.05) is 13.8 Å². The molecule has 42 valence electrons. The highest BCUT2D eigenvalue weighted by Crippen LogP contribution is 2.41. The van der Waals surface area contributed by atoms with Gasteiger partial charge < -0.3 is 4.52 Å². The lowest BCUT2D eigenvalue weighted by Gasteiger charge is -2.00. The highest BCUT2D eigenvalue weighted by molar-refractivity contribution is 7.61. The van der Waals surface area contributed by atoms with Gasteiger partial charge in [-0.25, -0.2) is 0 Å². The van der Waals surface area contributed by atoms with Gasteiger partial charge in [0.25, 0.3) is 0 Å². The van der Waals surface area contributed by atoms with Gasteiger partial charge >= 0.3 is 0 Å². The van der Waals surface area contributed by atoms with Gasteiger partial charge in [-0.05, 0) is 5.82 Å². The molecule has 0 radical (unpaired) electrons. The van der Waals surface area contributed by atoms with Gasteiger partial charge in [-0.1, -0.05) is 6.58 Å². The maximum atomic E-state index is 10.6. The predicted molar refractivity (Wildman–Crippen MR) is 30.7 cm³/mol. The van der Waals surface area contributed by atoms with E-state index in [4.69, 9.17) is 0 Å². The molecule has 0 aromatic heterocycles. The van der Waals surface area contributed by atoms with Crippen molar-refractivity contribution in [1.82, 2.24) is 0 Å². The standard InChI is InChI=1S/C4H9O2P/c1-4-7(3,5)6-2/h4H,1H2,2-3H3. The summed E-state index contributed by atoms with van der Waals surface area (Å²) in [5.41, 5.74) is 0. The molecule has 0 bridgehead atoms. The molecule has 0 spiro atoms. The van der Waals surface area contributed by atoms with Gasteiger partial charge in [-0.15, -0.1) is 0 Å². The molecule has 0 aliphatic carbocycles. The van der Waals surface area contributed by atoms with E-state index in [0.29, 0.717) is 0 Å². The first-order valence-electron chi connectivity index (χ1n) is 1.89. The van der Waals surface area contributed by atoms with Crippen LogP contribution in [0.15, 0.2) is 12.4 Å². The topological polar surface area (TPSA) is 26.3 Å². The Hall–Kier alpha value is -0.0700. The lowest BCUT2D eigenvalue weighted by atomic mass is 11.3. The fourth-order valence-corrected chi connectivity index (χ4v) is 0.224. The Kier molecular flexibility index (Phi) is 2.27. The molecule has 0 aromatic rings. The van der Waals surface area contributed by atoms with Crippen LogP contribution >= 0.6 is 7.37 Å². The molecule has 2 nitrogen and oxygen atoms in total. The van der Waals surface area contributed by atoms with Crippen LogP contribution in [0.3, 0.4) is 0 Å². The summed E-state index contributed by atoms with van der Waals surface area (Å²) in [4.78, 5) is 0. The van der Waals surface area contributed by atoms with Gasteiger partial charge in [-0.2, -0.15) is 0 Å². The maximum Gasteiger partial charge on any atom is 0.221 e. The van der Waals surface area contributed by atoms with Gasteiger partial charge in [0.1, 0.15) is 0 Å². The predicted octanol–water partition coefficient (Wildman–Crippen LogP) is 1.68. The second-order valence-electron chi connectivity index (χ2n) is 1.27. The first kappa shape index (κ1) is 6.93. The van der Waals surface area contributed by atoms with E-state index < -0.39 is 7.37 Å². The van der Waals surface area contributed by atoms with Gasteiger partial charge in [0.2, 0.25) is 7.37 Å². The first-order chi connectivity index (χ1) is 3.12. The molecule has 0 aromatic carbocycles. The monoisotopic (exact) mass is 120 g/mol. The van der Waals surface area contributed by atoms with E-state index in [-0.39, 0.29) is 0 Å². The van der Waals surface area contributed by atoms with Crippen molar-refractivity contribution in [2.24, 2.45) is 0 Å². The van der Waals surface area contributed by atoms with E-state index in [0.717, 1.165) is 0 Å². The summed E-state index contributed by atoms with van der Waals surface area (Å²) in [6.07, 6.45) is 0. The summed E-state index contributed by atoms with van der Waals surface area (Å²) in [6.45, 7) is 4.83. The first-order valence-corrected chi connectivity index (χ1v) is 4.03. The third-order valence-corrected chi connectivity index (χ3v) is 2.08. The maximum absolute atomic E-state index is 10.6. The average Bonchev–Trinajstić information content (AvgIpc) is 1.68. The number of rotatable bonds is 2. The van der Waals surface area contributed by atoms with E-state index in [1.807, 2.05) is 0 Å².